The van der Waals surface area contributed by atoms with Crippen molar-refractivity contribution < 1.29 is 14.5 Å². The number of halogens is 2. The number of thiazole rings is 1. The molecule has 0 saturated carbocycles. The smallest absolute Gasteiger partial charge is 0.282 e. The highest BCUT2D eigenvalue weighted by atomic mass is 35.5. The van der Waals surface area contributed by atoms with Crippen LogP contribution in [0.25, 0.3) is 10.2 Å². The molecule has 0 atom stereocenters. The fourth-order valence-electron chi connectivity index (χ4n) is 3.03. The maximum absolute atomic E-state index is 13.5. The molecule has 0 aliphatic heterocycles. The highest BCUT2D eigenvalue weighted by molar-refractivity contribution is 7.23. The molecule has 11 heteroatoms. The lowest BCUT2D eigenvalue weighted by Gasteiger charge is -2.21. The minimum Gasteiger partial charge on any atom is -0.494 e. The van der Waals surface area contributed by atoms with E-state index >= 15 is 0 Å². The Labute approximate surface area is 193 Å². The Morgan fingerprint density at radius 2 is 1.97 bits per heavy atom. The highest BCUT2D eigenvalue weighted by Crippen LogP contribution is 2.39. The van der Waals surface area contributed by atoms with Gasteiger partial charge in [-0.25, -0.2) is 4.98 Å². The second-order valence-corrected chi connectivity index (χ2v) is 8.78. The van der Waals surface area contributed by atoms with Gasteiger partial charge in [-0.05, 0) is 51.3 Å². The maximum Gasteiger partial charge on any atom is 0.282 e. The molecule has 0 saturated heterocycles. The Morgan fingerprint density at radius 1 is 1.23 bits per heavy atom. The Bertz CT molecular complexity index is 1140. The number of ether oxygens (including phenoxy) is 1. The molecule has 1 heterocycles. The molecule has 0 spiro atoms. The molecule has 0 radical (unpaired) electrons. The number of carbonyl (C=O) groups excluding carboxylic acids is 1. The van der Waals surface area contributed by atoms with Crippen molar-refractivity contribution in [2.45, 2.75) is 6.42 Å². The number of nitro benzene ring substituents is 1. The van der Waals surface area contributed by atoms with E-state index < -0.39 is 10.8 Å². The fourth-order valence-corrected chi connectivity index (χ4v) is 4.49. The number of hydrogen-bond acceptors (Lipinski definition) is 7. The SMILES string of the molecule is COc1ccc(Cl)c2sc(N(CCCN(C)C)C(=O)c3cc(Cl)ccc3[N+](=O)[O-])nc12. The molecular weight excluding hydrogens is 463 g/mol. The maximum atomic E-state index is 13.5. The van der Waals surface area contributed by atoms with Crippen LogP contribution in [0.5, 0.6) is 5.75 Å². The zero-order valence-corrected chi connectivity index (χ0v) is 19.4. The van der Waals surface area contributed by atoms with Gasteiger partial charge in [0.15, 0.2) is 5.13 Å². The van der Waals surface area contributed by atoms with Crippen LogP contribution in [0.4, 0.5) is 10.8 Å². The molecular formula is C20H20Cl2N4O4S. The summed E-state index contributed by atoms with van der Waals surface area (Å²) in [5.74, 6) is -0.0292. The van der Waals surface area contributed by atoms with Crippen molar-refractivity contribution in [1.29, 1.82) is 0 Å². The number of fused-ring (bicyclic) bond motifs is 1. The Balaban J connectivity index is 2.10. The molecule has 0 N–H and O–H groups in total. The third-order valence-corrected chi connectivity index (χ3v) is 6.29. The van der Waals surface area contributed by atoms with Gasteiger partial charge in [0.05, 0.1) is 21.8 Å². The minimum absolute atomic E-state index is 0.0975. The summed E-state index contributed by atoms with van der Waals surface area (Å²) in [5.41, 5.74) is 0.115. The van der Waals surface area contributed by atoms with Crippen molar-refractivity contribution >= 4 is 61.5 Å². The quantitative estimate of drug-likeness (QED) is 0.327. The van der Waals surface area contributed by atoms with Gasteiger partial charge in [-0.2, -0.15) is 0 Å². The van der Waals surface area contributed by atoms with E-state index in [-0.39, 0.29) is 16.3 Å². The largest absolute Gasteiger partial charge is 0.494 e. The first-order valence-electron chi connectivity index (χ1n) is 9.26. The Kier molecular flexibility index (Phi) is 7.32. The minimum atomic E-state index is -0.597. The van der Waals surface area contributed by atoms with Crippen LogP contribution >= 0.6 is 34.5 Å². The number of rotatable bonds is 8. The number of amides is 1. The van der Waals surface area contributed by atoms with E-state index in [1.54, 1.807) is 12.1 Å². The van der Waals surface area contributed by atoms with Crippen LogP contribution in [0.3, 0.4) is 0 Å². The Morgan fingerprint density at radius 3 is 2.61 bits per heavy atom. The van der Waals surface area contributed by atoms with E-state index in [4.69, 9.17) is 27.9 Å². The molecule has 31 heavy (non-hydrogen) atoms. The van der Waals surface area contributed by atoms with Gasteiger partial charge < -0.3 is 9.64 Å². The van der Waals surface area contributed by atoms with Crippen molar-refractivity contribution in [2.24, 2.45) is 0 Å². The van der Waals surface area contributed by atoms with E-state index in [0.717, 1.165) is 6.54 Å². The van der Waals surface area contributed by atoms with Crippen molar-refractivity contribution in [3.63, 3.8) is 0 Å². The molecule has 1 amide bonds. The molecule has 2 aromatic carbocycles. The van der Waals surface area contributed by atoms with Gasteiger partial charge in [-0.1, -0.05) is 34.5 Å². The van der Waals surface area contributed by atoms with Gasteiger partial charge >= 0.3 is 0 Å². The second kappa shape index (κ2) is 9.78. The number of hydrogen-bond donors (Lipinski definition) is 0. The predicted octanol–water partition coefficient (Wildman–Crippen LogP) is 5.12. The lowest BCUT2D eigenvalue weighted by molar-refractivity contribution is -0.385. The topological polar surface area (TPSA) is 88.8 Å². The number of nitro groups is 1. The summed E-state index contributed by atoms with van der Waals surface area (Å²) in [6, 6.07) is 7.32. The summed E-state index contributed by atoms with van der Waals surface area (Å²) < 4.78 is 6.04. The van der Waals surface area contributed by atoms with Gasteiger partial charge in [0.2, 0.25) is 0 Å². The molecule has 164 valence electrons. The zero-order chi connectivity index (χ0) is 22.7. The fraction of sp³-hybridized carbons (Fsp3) is 0.300. The van der Waals surface area contributed by atoms with Crippen molar-refractivity contribution in [3.05, 3.63) is 56.1 Å². The van der Waals surface area contributed by atoms with Crippen LogP contribution in [0.1, 0.15) is 16.8 Å². The molecule has 1 aromatic heterocycles. The van der Waals surface area contributed by atoms with Crippen LogP contribution in [-0.2, 0) is 0 Å². The molecule has 8 nitrogen and oxygen atoms in total. The van der Waals surface area contributed by atoms with E-state index in [1.165, 1.54) is 41.5 Å². The van der Waals surface area contributed by atoms with Gasteiger partial charge in [0.25, 0.3) is 11.6 Å². The lowest BCUT2D eigenvalue weighted by atomic mass is 10.1. The summed E-state index contributed by atoms with van der Waals surface area (Å²) in [4.78, 5) is 32.4. The van der Waals surface area contributed by atoms with Crippen LogP contribution in [-0.4, -0.2) is 55.0 Å². The first-order valence-corrected chi connectivity index (χ1v) is 10.8. The number of nitrogens with zero attached hydrogens (tertiary/aromatic N) is 4. The summed E-state index contributed by atoms with van der Waals surface area (Å²) in [5, 5.41) is 12.6. The molecule has 0 unspecified atom stereocenters. The van der Waals surface area contributed by atoms with Crippen LogP contribution in [0.2, 0.25) is 10.0 Å². The average molecular weight is 483 g/mol. The first-order chi connectivity index (χ1) is 14.7. The highest BCUT2D eigenvalue weighted by Gasteiger charge is 2.28. The monoisotopic (exact) mass is 482 g/mol. The van der Waals surface area contributed by atoms with E-state index in [1.807, 2.05) is 19.0 Å². The zero-order valence-electron chi connectivity index (χ0n) is 17.1. The van der Waals surface area contributed by atoms with Crippen LogP contribution < -0.4 is 9.64 Å². The van der Waals surface area contributed by atoms with Gasteiger partial charge in [-0.3, -0.25) is 19.8 Å². The van der Waals surface area contributed by atoms with Crippen LogP contribution in [0, 0.1) is 10.1 Å². The van der Waals surface area contributed by atoms with Gasteiger partial charge in [0.1, 0.15) is 16.8 Å². The van der Waals surface area contributed by atoms with Crippen molar-refractivity contribution in [1.82, 2.24) is 9.88 Å². The number of carbonyl (C=O) groups is 1. The number of benzene rings is 2. The molecule has 0 bridgehead atoms. The lowest BCUT2D eigenvalue weighted by Crippen LogP contribution is -2.33. The van der Waals surface area contributed by atoms with Gasteiger partial charge in [0, 0.05) is 17.6 Å². The molecule has 3 aromatic rings. The summed E-state index contributed by atoms with van der Waals surface area (Å²) in [6.45, 7) is 1.02. The standard InChI is InChI=1S/C20H20Cl2N4O4S/c1-24(2)9-4-10-25(19(27)13-11-12(21)5-7-15(13)26(28)29)20-23-17-16(30-3)8-6-14(22)18(17)31-20/h5-8,11H,4,9-10H2,1-3H3. The molecule has 0 aliphatic carbocycles. The summed E-state index contributed by atoms with van der Waals surface area (Å²) in [6.07, 6.45) is 0.633. The normalized spacial score (nSPS) is 11.2. The van der Waals surface area contributed by atoms with E-state index in [0.29, 0.717) is 39.1 Å². The van der Waals surface area contributed by atoms with E-state index in [9.17, 15) is 14.9 Å². The third kappa shape index (κ3) is 5.07. The second-order valence-electron chi connectivity index (χ2n) is 6.96. The van der Waals surface area contributed by atoms with Crippen LogP contribution in [0.15, 0.2) is 30.3 Å². The van der Waals surface area contributed by atoms with E-state index in [2.05, 4.69) is 4.98 Å². The number of aromatic nitrogens is 1. The summed E-state index contributed by atoms with van der Waals surface area (Å²) in [7, 11) is 5.38. The number of anilines is 1. The molecule has 0 aliphatic rings. The number of methoxy groups -OCH3 is 1. The van der Waals surface area contributed by atoms with Crippen molar-refractivity contribution in [2.75, 3.05) is 39.2 Å². The van der Waals surface area contributed by atoms with Crippen molar-refractivity contribution in [3.8, 4) is 5.75 Å². The average Bonchev–Trinajstić information content (AvgIpc) is 3.16. The third-order valence-electron chi connectivity index (χ3n) is 4.52. The summed E-state index contributed by atoms with van der Waals surface area (Å²) >= 11 is 13.6. The van der Waals surface area contributed by atoms with Gasteiger partial charge in [-0.15, -0.1) is 0 Å². The molecule has 3 rings (SSSR count). The predicted molar refractivity (Wildman–Crippen MR) is 124 cm³/mol. The Hall–Kier alpha value is -2.46. The first kappa shape index (κ1) is 23.2. The molecule has 0 fully saturated rings.